The summed E-state index contributed by atoms with van der Waals surface area (Å²) in [6.07, 6.45) is 2.44. The quantitative estimate of drug-likeness (QED) is 0.415. The lowest BCUT2D eigenvalue weighted by atomic mass is 9.89. The largest absolute Gasteiger partial charge is 0.321 e. The van der Waals surface area contributed by atoms with Crippen molar-refractivity contribution >= 4 is 29.0 Å². The van der Waals surface area contributed by atoms with Crippen molar-refractivity contribution in [2.24, 2.45) is 5.92 Å². The molecule has 180 valence electrons. The number of halogens is 3. The molecule has 1 aliphatic rings. The molecule has 0 spiro atoms. The molecular weight excluding hydrogens is 460 g/mol. The number of aromatic amines is 1. The molecule has 9 heteroatoms. The number of hydrogen-bond acceptors (Lipinski definition) is 5. The molecule has 1 aromatic carbocycles. The molecule has 3 heterocycles. The Kier molecular flexibility index (Phi) is 7.28. The fraction of sp³-hybridized carbons (Fsp3) is 0.400. The number of carbonyl (C=O) groups excluding carboxylic acids is 1. The molecule has 0 bridgehead atoms. The van der Waals surface area contributed by atoms with E-state index in [1.165, 1.54) is 6.92 Å². The zero-order valence-corrected chi connectivity index (χ0v) is 20.3. The number of piperidine rings is 1. The molecule has 2 N–H and O–H groups in total. The molecule has 0 radical (unpaired) electrons. The van der Waals surface area contributed by atoms with Crippen LogP contribution in [-0.2, 0) is 13.0 Å². The van der Waals surface area contributed by atoms with Crippen molar-refractivity contribution in [3.8, 4) is 0 Å². The van der Waals surface area contributed by atoms with Gasteiger partial charge in [0.15, 0.2) is 23.2 Å². The van der Waals surface area contributed by atoms with Crippen LogP contribution in [0.3, 0.4) is 0 Å². The molecule has 1 aliphatic heterocycles. The highest BCUT2D eigenvalue weighted by Crippen LogP contribution is 2.30. The summed E-state index contributed by atoms with van der Waals surface area (Å²) in [4.78, 5) is 19.0. The second kappa shape index (κ2) is 10.2. The molecular formula is C25H28ClF2N5O. The standard InChI is InChI=1S/C25H28ClF2N5O/c1-14-11-21(32-31-14)30-25-24(28)22(16(3)34)15(2)20(29-25)12-17-7-9-33(10-8-17)13-18-5-4-6-19(26)23(18)27/h4-6,11,17H,7-10,12-13H2,1-3H3,(H2,29,30,31,32). The van der Waals surface area contributed by atoms with Crippen molar-refractivity contribution in [1.82, 2.24) is 20.1 Å². The highest BCUT2D eigenvalue weighted by molar-refractivity contribution is 6.30. The van der Waals surface area contributed by atoms with Gasteiger partial charge in [0.05, 0.1) is 10.6 Å². The van der Waals surface area contributed by atoms with Crippen LogP contribution in [0.5, 0.6) is 0 Å². The predicted octanol–water partition coefficient (Wildman–Crippen LogP) is 5.75. The van der Waals surface area contributed by atoms with Gasteiger partial charge in [-0.25, -0.2) is 13.8 Å². The van der Waals surface area contributed by atoms with Crippen molar-refractivity contribution in [2.75, 3.05) is 18.4 Å². The van der Waals surface area contributed by atoms with Crippen LogP contribution in [0.2, 0.25) is 5.02 Å². The van der Waals surface area contributed by atoms with E-state index >= 15 is 4.39 Å². The first-order chi connectivity index (χ1) is 16.2. The zero-order valence-electron chi connectivity index (χ0n) is 19.5. The lowest BCUT2D eigenvalue weighted by molar-refractivity contribution is 0.101. The molecule has 0 amide bonds. The van der Waals surface area contributed by atoms with Gasteiger partial charge >= 0.3 is 0 Å². The van der Waals surface area contributed by atoms with Crippen LogP contribution >= 0.6 is 11.6 Å². The lowest BCUT2D eigenvalue weighted by Crippen LogP contribution is -2.34. The molecule has 6 nitrogen and oxygen atoms in total. The number of pyridine rings is 1. The topological polar surface area (TPSA) is 73.9 Å². The Morgan fingerprint density at radius 3 is 2.62 bits per heavy atom. The second-order valence-corrected chi connectivity index (χ2v) is 9.38. The first kappa shape index (κ1) is 24.3. The van der Waals surface area contributed by atoms with Gasteiger partial charge in [-0.05, 0) is 70.7 Å². The molecule has 0 atom stereocenters. The highest BCUT2D eigenvalue weighted by Gasteiger charge is 2.25. The Morgan fingerprint density at radius 1 is 1.24 bits per heavy atom. The third kappa shape index (κ3) is 5.28. The monoisotopic (exact) mass is 487 g/mol. The molecule has 1 saturated heterocycles. The summed E-state index contributed by atoms with van der Waals surface area (Å²) in [6.45, 7) is 7.10. The van der Waals surface area contributed by atoms with Gasteiger partial charge in [-0.1, -0.05) is 23.7 Å². The van der Waals surface area contributed by atoms with Gasteiger partial charge in [-0.3, -0.25) is 14.8 Å². The summed E-state index contributed by atoms with van der Waals surface area (Å²) < 4.78 is 29.4. The van der Waals surface area contributed by atoms with Crippen LogP contribution in [0.4, 0.5) is 20.4 Å². The maximum absolute atomic E-state index is 15.1. The van der Waals surface area contributed by atoms with Gasteiger partial charge in [0.25, 0.3) is 0 Å². The number of nitrogens with zero attached hydrogens (tertiary/aromatic N) is 3. The Balaban J connectivity index is 1.48. The van der Waals surface area contributed by atoms with Crippen LogP contribution in [-0.4, -0.2) is 39.0 Å². The van der Waals surface area contributed by atoms with E-state index in [1.54, 1.807) is 31.2 Å². The van der Waals surface area contributed by atoms with Gasteiger partial charge in [0.2, 0.25) is 0 Å². The molecule has 0 unspecified atom stereocenters. The molecule has 34 heavy (non-hydrogen) atoms. The fourth-order valence-corrected chi connectivity index (χ4v) is 4.73. The van der Waals surface area contributed by atoms with Gasteiger partial charge < -0.3 is 5.32 Å². The van der Waals surface area contributed by atoms with E-state index in [0.717, 1.165) is 31.6 Å². The number of Topliss-reactive ketones (excluding diaryl/α,β-unsaturated/α-hetero) is 1. The van der Waals surface area contributed by atoms with Crippen LogP contribution in [0.1, 0.15) is 52.6 Å². The average molecular weight is 488 g/mol. The van der Waals surface area contributed by atoms with E-state index in [9.17, 15) is 9.18 Å². The van der Waals surface area contributed by atoms with Gasteiger partial charge in [0, 0.05) is 29.6 Å². The van der Waals surface area contributed by atoms with Crippen molar-refractivity contribution in [1.29, 1.82) is 0 Å². The predicted molar refractivity (Wildman–Crippen MR) is 129 cm³/mol. The van der Waals surface area contributed by atoms with E-state index in [2.05, 4.69) is 25.4 Å². The van der Waals surface area contributed by atoms with E-state index in [4.69, 9.17) is 11.6 Å². The minimum Gasteiger partial charge on any atom is -0.321 e. The third-order valence-corrected chi connectivity index (χ3v) is 6.69. The number of carbonyl (C=O) groups is 1. The molecule has 0 aliphatic carbocycles. The molecule has 1 fully saturated rings. The Labute approximate surface area is 202 Å². The maximum Gasteiger partial charge on any atom is 0.176 e. The van der Waals surface area contributed by atoms with Gasteiger partial charge in [-0.15, -0.1) is 0 Å². The van der Waals surface area contributed by atoms with E-state index in [0.29, 0.717) is 41.5 Å². The van der Waals surface area contributed by atoms with Crippen LogP contribution in [0.25, 0.3) is 0 Å². The van der Waals surface area contributed by atoms with Crippen LogP contribution < -0.4 is 5.32 Å². The summed E-state index contributed by atoms with van der Waals surface area (Å²) in [5, 5.41) is 9.92. The van der Waals surface area contributed by atoms with E-state index in [-0.39, 0.29) is 28.0 Å². The van der Waals surface area contributed by atoms with Crippen molar-refractivity contribution < 1.29 is 13.6 Å². The SMILES string of the molecule is CC(=O)c1c(C)c(CC2CCN(Cc3cccc(Cl)c3F)CC2)nc(Nc2cc(C)[nH]n2)c1F. The summed E-state index contributed by atoms with van der Waals surface area (Å²) in [5.41, 5.74) is 2.77. The number of hydrogen-bond donors (Lipinski definition) is 2. The Morgan fingerprint density at radius 2 is 1.97 bits per heavy atom. The summed E-state index contributed by atoms with van der Waals surface area (Å²) in [6, 6.07) is 6.82. The number of aromatic nitrogens is 3. The molecule has 3 aromatic rings. The smallest absolute Gasteiger partial charge is 0.176 e. The molecule has 4 rings (SSSR count). The van der Waals surface area contributed by atoms with Crippen molar-refractivity contribution in [3.05, 3.63) is 69.0 Å². The summed E-state index contributed by atoms with van der Waals surface area (Å²) >= 11 is 5.91. The van der Waals surface area contributed by atoms with Crippen LogP contribution in [0, 0.1) is 31.4 Å². The fourth-order valence-electron chi connectivity index (χ4n) is 4.53. The number of nitrogens with one attached hydrogen (secondary N) is 2. The van der Waals surface area contributed by atoms with E-state index in [1.807, 2.05) is 6.92 Å². The first-order valence-corrected chi connectivity index (χ1v) is 11.7. The summed E-state index contributed by atoms with van der Waals surface area (Å²) in [7, 11) is 0. The number of benzene rings is 1. The van der Waals surface area contributed by atoms with Crippen LogP contribution in [0.15, 0.2) is 24.3 Å². The lowest BCUT2D eigenvalue weighted by Gasteiger charge is -2.32. The zero-order chi connectivity index (χ0) is 24.4. The van der Waals surface area contributed by atoms with Gasteiger partial charge in [-0.2, -0.15) is 5.10 Å². The minimum absolute atomic E-state index is 0.00571. The van der Waals surface area contributed by atoms with Crippen molar-refractivity contribution in [2.45, 2.75) is 46.6 Å². The Hall–Kier alpha value is -2.84. The highest BCUT2D eigenvalue weighted by atomic mass is 35.5. The normalized spacial score (nSPS) is 15.0. The number of anilines is 2. The minimum atomic E-state index is -0.659. The number of H-pyrrole nitrogens is 1. The molecule has 2 aromatic heterocycles. The molecule has 0 saturated carbocycles. The number of rotatable bonds is 7. The van der Waals surface area contributed by atoms with Gasteiger partial charge in [0.1, 0.15) is 5.82 Å². The third-order valence-electron chi connectivity index (χ3n) is 6.40. The van der Waals surface area contributed by atoms with E-state index < -0.39 is 5.82 Å². The maximum atomic E-state index is 15.1. The summed E-state index contributed by atoms with van der Waals surface area (Å²) in [5.74, 6) is -0.578. The van der Waals surface area contributed by atoms with Crippen molar-refractivity contribution in [3.63, 3.8) is 0 Å². The number of ketones is 1. The number of likely N-dealkylation sites (tertiary alicyclic amines) is 1. The number of aryl methyl sites for hydroxylation is 1. The average Bonchev–Trinajstić information content (AvgIpc) is 3.20. The first-order valence-electron chi connectivity index (χ1n) is 11.4. The Bertz CT molecular complexity index is 1200. The second-order valence-electron chi connectivity index (χ2n) is 8.98.